The van der Waals surface area contributed by atoms with E-state index < -0.39 is 15.0 Å². The molecule has 0 unspecified atom stereocenters. The van der Waals surface area contributed by atoms with Crippen LogP contribution >= 0.6 is 10.7 Å². The van der Waals surface area contributed by atoms with Crippen LogP contribution in [0.3, 0.4) is 0 Å². The van der Waals surface area contributed by atoms with E-state index in [-0.39, 0.29) is 10.6 Å². The molecule has 1 aromatic heterocycles. The number of hydrogen-bond donors (Lipinski definition) is 1. The zero-order valence-electron chi connectivity index (χ0n) is 10.5. The Hall–Kier alpha value is -1.08. The highest BCUT2D eigenvalue weighted by atomic mass is 35.7. The minimum Gasteiger partial charge on any atom is -0.461 e. The van der Waals surface area contributed by atoms with Crippen molar-refractivity contribution in [1.29, 1.82) is 0 Å². The molecule has 0 radical (unpaired) electrons. The van der Waals surface area contributed by atoms with Gasteiger partial charge in [-0.25, -0.2) is 13.2 Å². The molecule has 1 saturated carbocycles. The Labute approximate surface area is 115 Å². The summed E-state index contributed by atoms with van der Waals surface area (Å²) in [4.78, 5) is 11.6. The van der Waals surface area contributed by atoms with Crippen molar-refractivity contribution in [2.24, 2.45) is 5.92 Å². The average Bonchev–Trinajstić information content (AvgIpc) is 3.04. The highest BCUT2D eigenvalue weighted by molar-refractivity contribution is 8.13. The molecule has 1 aliphatic carbocycles. The van der Waals surface area contributed by atoms with Gasteiger partial charge in [-0.3, -0.25) is 5.10 Å². The zero-order valence-corrected chi connectivity index (χ0v) is 12.1. The van der Waals surface area contributed by atoms with Gasteiger partial charge in [0.05, 0.1) is 12.3 Å². The summed E-state index contributed by atoms with van der Waals surface area (Å²) in [5.74, 6) is -0.348. The topological polar surface area (TPSA) is 89.1 Å². The van der Waals surface area contributed by atoms with Crippen LogP contribution in [0.2, 0.25) is 0 Å². The molecule has 19 heavy (non-hydrogen) atoms. The van der Waals surface area contributed by atoms with E-state index in [4.69, 9.17) is 15.4 Å². The molecule has 1 heterocycles. The molecular formula is C11H15ClN2O4S. The summed E-state index contributed by atoms with van der Waals surface area (Å²) in [7, 11) is 1.34. The first-order valence-corrected chi connectivity index (χ1v) is 8.43. The van der Waals surface area contributed by atoms with Crippen LogP contribution in [0.15, 0.2) is 4.90 Å². The van der Waals surface area contributed by atoms with Crippen LogP contribution in [0.4, 0.5) is 0 Å². The lowest BCUT2D eigenvalue weighted by Gasteiger charge is -2.03. The van der Waals surface area contributed by atoms with Crippen molar-refractivity contribution in [3.8, 4) is 0 Å². The molecule has 1 fully saturated rings. The van der Waals surface area contributed by atoms with Crippen molar-refractivity contribution in [3.63, 3.8) is 0 Å². The average molecular weight is 307 g/mol. The quantitative estimate of drug-likeness (QED) is 0.640. The van der Waals surface area contributed by atoms with Gasteiger partial charge >= 0.3 is 5.97 Å². The van der Waals surface area contributed by atoms with Crippen LogP contribution in [0.5, 0.6) is 0 Å². The predicted octanol–water partition coefficient (Wildman–Crippen LogP) is 1.86. The van der Waals surface area contributed by atoms with Gasteiger partial charge in [0.2, 0.25) is 0 Å². The van der Waals surface area contributed by atoms with Crippen molar-refractivity contribution in [2.45, 2.75) is 37.5 Å². The van der Waals surface area contributed by atoms with Gasteiger partial charge < -0.3 is 4.74 Å². The molecule has 6 nitrogen and oxygen atoms in total. The zero-order chi connectivity index (χ0) is 14.0. The van der Waals surface area contributed by atoms with Gasteiger partial charge in [0.25, 0.3) is 9.05 Å². The third-order valence-corrected chi connectivity index (χ3v) is 4.27. The van der Waals surface area contributed by atoms with E-state index in [0.717, 1.165) is 12.8 Å². The summed E-state index contributed by atoms with van der Waals surface area (Å²) >= 11 is 0. The molecule has 1 N–H and O–H groups in total. The Morgan fingerprint density at radius 2 is 2.21 bits per heavy atom. The summed E-state index contributed by atoms with van der Waals surface area (Å²) in [6.07, 6.45) is 3.23. The van der Waals surface area contributed by atoms with Gasteiger partial charge in [0.15, 0.2) is 5.69 Å². The number of H-pyrrole nitrogens is 1. The molecule has 1 aliphatic rings. The molecule has 0 saturated heterocycles. The Bertz CT molecular complexity index is 578. The fourth-order valence-corrected chi connectivity index (χ4v) is 3.04. The number of halogens is 1. The van der Waals surface area contributed by atoms with Crippen LogP contribution < -0.4 is 0 Å². The van der Waals surface area contributed by atoms with Gasteiger partial charge in [0.1, 0.15) is 4.90 Å². The SMILES string of the molecule is CCCc1[nH]nc(C(=O)OCC2CC2)c1S(=O)(=O)Cl. The number of carbonyl (C=O) groups excluding carboxylic acids is 1. The van der Waals surface area contributed by atoms with Crippen molar-refractivity contribution in [2.75, 3.05) is 6.61 Å². The third kappa shape index (κ3) is 3.48. The molecule has 0 aromatic carbocycles. The van der Waals surface area contributed by atoms with Crippen molar-refractivity contribution in [3.05, 3.63) is 11.4 Å². The molecule has 2 rings (SSSR count). The Morgan fingerprint density at radius 1 is 1.53 bits per heavy atom. The summed E-state index contributed by atoms with van der Waals surface area (Å²) in [6.45, 7) is 2.19. The van der Waals surface area contributed by atoms with E-state index in [1.165, 1.54) is 0 Å². The van der Waals surface area contributed by atoms with Gasteiger partial charge in [0, 0.05) is 10.7 Å². The third-order valence-electron chi connectivity index (χ3n) is 2.88. The fourth-order valence-electron chi connectivity index (χ4n) is 1.73. The van der Waals surface area contributed by atoms with Crippen LogP contribution in [0.1, 0.15) is 42.4 Å². The molecule has 0 atom stereocenters. The lowest BCUT2D eigenvalue weighted by atomic mass is 10.2. The van der Waals surface area contributed by atoms with E-state index in [0.29, 0.717) is 31.1 Å². The fraction of sp³-hybridized carbons (Fsp3) is 0.636. The molecule has 106 valence electrons. The van der Waals surface area contributed by atoms with E-state index in [9.17, 15) is 13.2 Å². The maximum absolute atomic E-state index is 11.8. The predicted molar refractivity (Wildman–Crippen MR) is 68.6 cm³/mol. The number of nitrogens with zero attached hydrogens (tertiary/aromatic N) is 1. The van der Waals surface area contributed by atoms with Crippen LogP contribution in [-0.2, 0) is 20.2 Å². The molecular weight excluding hydrogens is 292 g/mol. The van der Waals surface area contributed by atoms with Gasteiger partial charge in [-0.2, -0.15) is 5.10 Å². The van der Waals surface area contributed by atoms with Crippen LogP contribution in [0.25, 0.3) is 0 Å². The second-order valence-electron chi connectivity index (χ2n) is 4.61. The molecule has 1 aromatic rings. The van der Waals surface area contributed by atoms with Crippen molar-refractivity contribution in [1.82, 2.24) is 10.2 Å². The Kier molecular flexibility index (Phi) is 4.15. The molecule has 8 heteroatoms. The highest BCUT2D eigenvalue weighted by Gasteiger charge is 2.30. The highest BCUT2D eigenvalue weighted by Crippen LogP contribution is 2.30. The molecule has 0 bridgehead atoms. The largest absolute Gasteiger partial charge is 0.461 e. The van der Waals surface area contributed by atoms with Gasteiger partial charge in [-0.15, -0.1) is 0 Å². The lowest BCUT2D eigenvalue weighted by molar-refractivity contribution is 0.0474. The number of aromatic amines is 1. The summed E-state index contributed by atoms with van der Waals surface area (Å²) in [6, 6.07) is 0. The molecule has 0 aliphatic heterocycles. The molecule has 0 spiro atoms. The first kappa shape index (κ1) is 14.3. The Morgan fingerprint density at radius 3 is 2.74 bits per heavy atom. The standard InChI is InChI=1S/C11H15ClN2O4S/c1-2-3-8-10(19(12,16)17)9(14-13-8)11(15)18-6-7-4-5-7/h7H,2-6H2,1H3,(H,13,14). The first-order chi connectivity index (χ1) is 8.93. The summed E-state index contributed by atoms with van der Waals surface area (Å²) < 4.78 is 28.2. The van der Waals surface area contributed by atoms with Crippen molar-refractivity contribution < 1.29 is 17.9 Å². The number of esters is 1. The summed E-state index contributed by atoms with van der Waals surface area (Å²) in [5.41, 5.74) is 0.0926. The first-order valence-electron chi connectivity index (χ1n) is 6.12. The van der Waals surface area contributed by atoms with Gasteiger partial charge in [-0.1, -0.05) is 13.3 Å². The lowest BCUT2D eigenvalue weighted by Crippen LogP contribution is -2.11. The normalized spacial score (nSPS) is 15.5. The number of nitrogens with one attached hydrogen (secondary N) is 1. The second kappa shape index (κ2) is 5.50. The van der Waals surface area contributed by atoms with Crippen LogP contribution in [-0.4, -0.2) is 31.2 Å². The van der Waals surface area contributed by atoms with Gasteiger partial charge in [-0.05, 0) is 25.2 Å². The maximum atomic E-state index is 11.8. The number of ether oxygens (including phenoxy) is 1. The smallest absolute Gasteiger partial charge is 0.360 e. The van der Waals surface area contributed by atoms with E-state index in [2.05, 4.69) is 10.2 Å². The van der Waals surface area contributed by atoms with E-state index in [1.54, 1.807) is 0 Å². The monoisotopic (exact) mass is 306 g/mol. The summed E-state index contributed by atoms with van der Waals surface area (Å²) in [5, 5.41) is 6.29. The maximum Gasteiger partial charge on any atom is 0.360 e. The Balaban J connectivity index is 2.25. The van der Waals surface area contributed by atoms with E-state index >= 15 is 0 Å². The second-order valence-corrected chi connectivity index (χ2v) is 7.11. The number of carbonyl (C=O) groups is 1. The number of aryl methyl sites for hydroxylation is 1. The van der Waals surface area contributed by atoms with E-state index in [1.807, 2.05) is 6.92 Å². The number of aromatic nitrogens is 2. The minimum atomic E-state index is -4.03. The van der Waals surface area contributed by atoms with Crippen LogP contribution in [0, 0.1) is 5.92 Å². The minimum absolute atomic E-state index is 0.251. The van der Waals surface area contributed by atoms with Crippen molar-refractivity contribution >= 4 is 25.7 Å². The molecule has 0 amide bonds. The number of hydrogen-bond acceptors (Lipinski definition) is 5. The number of rotatable bonds is 6.